The maximum absolute atomic E-state index is 10.1. The van der Waals surface area contributed by atoms with Crippen LogP contribution in [0.15, 0.2) is 12.3 Å². The lowest BCUT2D eigenvalue weighted by Crippen LogP contribution is -2.39. The van der Waals surface area contributed by atoms with Crippen LogP contribution in [0.25, 0.3) is 0 Å². The summed E-state index contributed by atoms with van der Waals surface area (Å²) in [7, 11) is 0. The minimum absolute atomic E-state index is 0.277. The van der Waals surface area contributed by atoms with Crippen molar-refractivity contribution in [2.75, 3.05) is 6.54 Å². The van der Waals surface area contributed by atoms with Crippen molar-refractivity contribution in [2.45, 2.75) is 51.7 Å². The van der Waals surface area contributed by atoms with Crippen LogP contribution in [0.2, 0.25) is 0 Å². The van der Waals surface area contributed by atoms with Gasteiger partial charge in [-0.25, -0.2) is 0 Å². The highest BCUT2D eigenvalue weighted by Crippen LogP contribution is 2.16. The van der Waals surface area contributed by atoms with Gasteiger partial charge in [-0.2, -0.15) is 5.10 Å². The minimum atomic E-state index is -0.811. The Morgan fingerprint density at radius 3 is 2.75 bits per heavy atom. The molecule has 1 aromatic rings. The second kappa shape index (κ2) is 5.46. The molecule has 4 heteroatoms. The van der Waals surface area contributed by atoms with Gasteiger partial charge in [0.2, 0.25) is 0 Å². The summed E-state index contributed by atoms with van der Waals surface area (Å²) in [5.74, 6) is 0. The number of nitrogens with two attached hydrogens (primary N) is 1. The first-order chi connectivity index (χ1) is 7.54. The fourth-order valence-electron chi connectivity index (χ4n) is 1.58. The topological polar surface area (TPSA) is 64.1 Å². The normalized spacial score (nSPS) is 17.1. The Hall–Kier alpha value is -0.870. The molecule has 0 fully saturated rings. The van der Waals surface area contributed by atoms with E-state index in [0.717, 1.165) is 12.1 Å². The third-order valence-corrected chi connectivity index (χ3v) is 3.25. The number of aromatic nitrogens is 2. The zero-order chi connectivity index (χ0) is 12.2. The van der Waals surface area contributed by atoms with Crippen molar-refractivity contribution in [3.63, 3.8) is 0 Å². The van der Waals surface area contributed by atoms with Gasteiger partial charge in [-0.05, 0) is 25.8 Å². The molecule has 2 unspecified atom stereocenters. The zero-order valence-corrected chi connectivity index (χ0v) is 10.5. The van der Waals surface area contributed by atoms with E-state index in [4.69, 9.17) is 5.73 Å². The molecule has 0 aromatic carbocycles. The zero-order valence-electron chi connectivity index (χ0n) is 10.5. The molecule has 92 valence electrons. The van der Waals surface area contributed by atoms with Crippen LogP contribution in [0, 0.1) is 0 Å². The summed E-state index contributed by atoms with van der Waals surface area (Å²) < 4.78 is 1.95. The van der Waals surface area contributed by atoms with Gasteiger partial charge in [-0.3, -0.25) is 4.68 Å². The predicted octanol–water partition coefficient (Wildman–Crippen LogP) is 1.50. The first-order valence-electron chi connectivity index (χ1n) is 6.01. The van der Waals surface area contributed by atoms with E-state index in [1.165, 1.54) is 0 Å². The Balaban J connectivity index is 2.71. The number of hydrogen-bond donors (Lipinski definition) is 2. The van der Waals surface area contributed by atoms with Crippen molar-refractivity contribution >= 4 is 0 Å². The van der Waals surface area contributed by atoms with Crippen LogP contribution in [0.5, 0.6) is 0 Å². The van der Waals surface area contributed by atoms with Gasteiger partial charge in [0, 0.05) is 25.2 Å². The summed E-state index contributed by atoms with van der Waals surface area (Å²) in [6.07, 6.45) is 4.20. The average molecular weight is 225 g/mol. The monoisotopic (exact) mass is 225 g/mol. The highest BCUT2D eigenvalue weighted by atomic mass is 16.3. The molecule has 0 spiro atoms. The molecule has 2 atom stereocenters. The average Bonchev–Trinajstić information content (AvgIpc) is 2.76. The summed E-state index contributed by atoms with van der Waals surface area (Å²) in [4.78, 5) is 0. The van der Waals surface area contributed by atoms with Gasteiger partial charge < -0.3 is 10.8 Å². The van der Waals surface area contributed by atoms with Crippen molar-refractivity contribution in [3.05, 3.63) is 18.0 Å². The number of hydrogen-bond acceptors (Lipinski definition) is 3. The van der Waals surface area contributed by atoms with Crippen LogP contribution in [0.4, 0.5) is 0 Å². The molecule has 0 aliphatic carbocycles. The SMILES string of the molecule is CCC(C)n1ccc(CC(O)(CC)CN)n1. The Labute approximate surface area is 97.5 Å². The Morgan fingerprint density at radius 1 is 1.56 bits per heavy atom. The van der Waals surface area contributed by atoms with E-state index >= 15 is 0 Å². The lowest BCUT2D eigenvalue weighted by Gasteiger charge is -2.23. The molecule has 0 amide bonds. The van der Waals surface area contributed by atoms with Gasteiger partial charge in [0.15, 0.2) is 0 Å². The maximum Gasteiger partial charge on any atom is 0.0822 e. The molecule has 0 saturated heterocycles. The molecule has 0 saturated carbocycles. The number of nitrogens with zero attached hydrogens (tertiary/aromatic N) is 2. The molecule has 16 heavy (non-hydrogen) atoms. The van der Waals surface area contributed by atoms with Gasteiger partial charge in [0.25, 0.3) is 0 Å². The summed E-state index contributed by atoms with van der Waals surface area (Å²) in [5.41, 5.74) is 5.67. The van der Waals surface area contributed by atoms with E-state index in [1.807, 2.05) is 23.9 Å². The first-order valence-corrected chi connectivity index (χ1v) is 6.01. The van der Waals surface area contributed by atoms with Crippen LogP contribution in [-0.4, -0.2) is 27.0 Å². The molecule has 0 radical (unpaired) electrons. The second-order valence-corrected chi connectivity index (χ2v) is 4.50. The maximum atomic E-state index is 10.1. The molecule has 4 nitrogen and oxygen atoms in total. The van der Waals surface area contributed by atoms with Crippen LogP contribution in [0.3, 0.4) is 0 Å². The third kappa shape index (κ3) is 3.06. The van der Waals surface area contributed by atoms with Crippen molar-refractivity contribution in [2.24, 2.45) is 5.73 Å². The fourth-order valence-corrected chi connectivity index (χ4v) is 1.58. The van der Waals surface area contributed by atoms with Crippen LogP contribution < -0.4 is 5.73 Å². The summed E-state index contributed by atoms with van der Waals surface area (Å²) in [6.45, 7) is 6.48. The molecule has 1 aromatic heterocycles. The van der Waals surface area contributed by atoms with E-state index in [9.17, 15) is 5.11 Å². The number of rotatable bonds is 6. The van der Waals surface area contributed by atoms with Crippen molar-refractivity contribution in [1.82, 2.24) is 9.78 Å². The smallest absolute Gasteiger partial charge is 0.0822 e. The Morgan fingerprint density at radius 2 is 2.25 bits per heavy atom. The van der Waals surface area contributed by atoms with Gasteiger partial charge in [0.1, 0.15) is 0 Å². The molecule has 0 bridgehead atoms. The molecule has 0 aliphatic heterocycles. The number of aliphatic hydroxyl groups is 1. The third-order valence-electron chi connectivity index (χ3n) is 3.25. The van der Waals surface area contributed by atoms with Crippen molar-refractivity contribution in [3.8, 4) is 0 Å². The van der Waals surface area contributed by atoms with Gasteiger partial charge in [-0.15, -0.1) is 0 Å². The summed E-state index contributed by atoms with van der Waals surface area (Å²) in [5, 5.41) is 14.6. The van der Waals surface area contributed by atoms with E-state index in [2.05, 4.69) is 18.9 Å². The lowest BCUT2D eigenvalue weighted by molar-refractivity contribution is 0.0444. The quantitative estimate of drug-likeness (QED) is 0.771. The summed E-state index contributed by atoms with van der Waals surface area (Å²) >= 11 is 0. The van der Waals surface area contributed by atoms with Crippen LogP contribution in [0.1, 0.15) is 45.3 Å². The minimum Gasteiger partial charge on any atom is -0.388 e. The molecule has 3 N–H and O–H groups in total. The van der Waals surface area contributed by atoms with Crippen molar-refractivity contribution in [1.29, 1.82) is 0 Å². The van der Waals surface area contributed by atoms with Gasteiger partial charge >= 0.3 is 0 Å². The second-order valence-electron chi connectivity index (χ2n) is 4.50. The van der Waals surface area contributed by atoms with Crippen molar-refractivity contribution < 1.29 is 5.11 Å². The Kier molecular flexibility index (Phi) is 4.50. The van der Waals surface area contributed by atoms with Crippen LogP contribution >= 0.6 is 0 Å². The Bertz CT molecular complexity index is 318. The standard InChI is InChI=1S/C12H23N3O/c1-4-10(3)15-7-6-11(14-15)8-12(16,5-2)9-13/h6-7,10,16H,4-5,8-9,13H2,1-3H3. The van der Waals surface area contributed by atoms with E-state index < -0.39 is 5.60 Å². The highest BCUT2D eigenvalue weighted by Gasteiger charge is 2.24. The molecule has 1 heterocycles. The first kappa shape index (κ1) is 13.2. The molecule has 0 aliphatic rings. The van der Waals surface area contributed by atoms with E-state index in [1.54, 1.807) is 0 Å². The fraction of sp³-hybridized carbons (Fsp3) is 0.750. The van der Waals surface area contributed by atoms with Crippen LogP contribution in [-0.2, 0) is 6.42 Å². The largest absolute Gasteiger partial charge is 0.388 e. The van der Waals surface area contributed by atoms with Gasteiger partial charge in [-0.1, -0.05) is 13.8 Å². The molecular formula is C12H23N3O. The highest BCUT2D eigenvalue weighted by molar-refractivity contribution is 5.04. The molecule has 1 rings (SSSR count). The van der Waals surface area contributed by atoms with Gasteiger partial charge in [0.05, 0.1) is 11.3 Å². The van der Waals surface area contributed by atoms with E-state index in [-0.39, 0.29) is 6.54 Å². The predicted molar refractivity (Wildman–Crippen MR) is 65.2 cm³/mol. The summed E-state index contributed by atoms with van der Waals surface area (Å²) in [6, 6.07) is 2.36. The lowest BCUT2D eigenvalue weighted by atomic mass is 9.95. The van der Waals surface area contributed by atoms with E-state index in [0.29, 0.717) is 18.9 Å². The molecular weight excluding hydrogens is 202 g/mol.